The fourth-order valence-corrected chi connectivity index (χ4v) is 2.80. The summed E-state index contributed by atoms with van der Waals surface area (Å²) in [5.74, 6) is 0.780. The summed E-state index contributed by atoms with van der Waals surface area (Å²) in [6.45, 7) is 0. The highest BCUT2D eigenvalue weighted by Gasteiger charge is 2.06. The molecule has 0 spiro atoms. The van der Waals surface area contributed by atoms with E-state index in [4.69, 9.17) is 11.5 Å². The van der Waals surface area contributed by atoms with Crippen molar-refractivity contribution in [3.63, 3.8) is 0 Å². The van der Waals surface area contributed by atoms with Crippen LogP contribution < -0.4 is 16.8 Å². The highest BCUT2D eigenvalue weighted by molar-refractivity contribution is 7.15. The maximum Gasteiger partial charge on any atom is 0.188 e. The van der Waals surface area contributed by atoms with Crippen molar-refractivity contribution in [2.45, 2.75) is 6.42 Å². The lowest BCUT2D eigenvalue weighted by molar-refractivity contribution is 1.22. The summed E-state index contributed by atoms with van der Waals surface area (Å²) in [4.78, 5) is 9.68. The smallest absolute Gasteiger partial charge is 0.188 e. The van der Waals surface area contributed by atoms with Crippen LogP contribution in [0.25, 0.3) is 0 Å². The molecular formula is C15H15N5S. The van der Waals surface area contributed by atoms with Crippen molar-refractivity contribution in [3.8, 4) is 0 Å². The Morgan fingerprint density at radius 1 is 1.10 bits per heavy atom. The SMILES string of the molecule is Nc1ccc(N)c(Cc2cnc(Nc3ccccn3)s2)c1. The maximum atomic E-state index is 5.97. The van der Waals surface area contributed by atoms with Gasteiger partial charge in [0.05, 0.1) is 0 Å². The zero-order valence-electron chi connectivity index (χ0n) is 11.3. The Bertz CT molecular complexity index is 739. The van der Waals surface area contributed by atoms with Crippen LogP contribution in [-0.2, 0) is 6.42 Å². The number of nitrogen functional groups attached to an aromatic ring is 2. The van der Waals surface area contributed by atoms with Crippen LogP contribution >= 0.6 is 11.3 Å². The quantitative estimate of drug-likeness (QED) is 0.644. The van der Waals surface area contributed by atoms with Gasteiger partial charge in [0.2, 0.25) is 0 Å². The van der Waals surface area contributed by atoms with E-state index in [1.165, 1.54) is 0 Å². The monoisotopic (exact) mass is 297 g/mol. The Kier molecular flexibility index (Phi) is 3.70. The topological polar surface area (TPSA) is 89.9 Å². The highest BCUT2D eigenvalue weighted by atomic mass is 32.1. The summed E-state index contributed by atoms with van der Waals surface area (Å²) in [6, 6.07) is 11.2. The molecular weight excluding hydrogens is 282 g/mol. The average molecular weight is 297 g/mol. The zero-order chi connectivity index (χ0) is 14.7. The van der Waals surface area contributed by atoms with Crippen LogP contribution in [0.1, 0.15) is 10.4 Å². The van der Waals surface area contributed by atoms with Gasteiger partial charge in [0, 0.05) is 35.1 Å². The van der Waals surface area contributed by atoms with E-state index in [-0.39, 0.29) is 0 Å². The molecule has 3 rings (SSSR count). The lowest BCUT2D eigenvalue weighted by Gasteiger charge is -2.04. The number of rotatable bonds is 4. The minimum atomic E-state index is 0.718. The first-order valence-corrected chi connectivity index (χ1v) is 7.29. The zero-order valence-corrected chi connectivity index (χ0v) is 12.1. The second-order valence-electron chi connectivity index (χ2n) is 4.61. The standard InChI is InChI=1S/C15H15N5S/c16-11-4-5-13(17)10(7-11)8-12-9-19-15(21-12)20-14-3-1-2-6-18-14/h1-7,9H,8,16-17H2,(H,18,19,20). The molecule has 0 unspecified atom stereocenters. The predicted octanol–water partition coefficient (Wildman–Crippen LogP) is 3.04. The van der Waals surface area contributed by atoms with Crippen molar-refractivity contribution < 1.29 is 0 Å². The van der Waals surface area contributed by atoms with Gasteiger partial charge in [-0.2, -0.15) is 0 Å². The van der Waals surface area contributed by atoms with Gasteiger partial charge < -0.3 is 16.8 Å². The number of nitrogens with one attached hydrogen (secondary N) is 1. The molecule has 0 amide bonds. The molecule has 0 aliphatic heterocycles. The van der Waals surface area contributed by atoms with Gasteiger partial charge in [0.1, 0.15) is 5.82 Å². The largest absolute Gasteiger partial charge is 0.399 e. The van der Waals surface area contributed by atoms with Gasteiger partial charge >= 0.3 is 0 Å². The Balaban J connectivity index is 1.75. The third-order valence-electron chi connectivity index (χ3n) is 2.99. The van der Waals surface area contributed by atoms with Crippen LogP contribution in [0.4, 0.5) is 22.3 Å². The molecule has 0 bridgehead atoms. The number of aromatic nitrogens is 2. The first-order chi connectivity index (χ1) is 10.2. The van der Waals surface area contributed by atoms with Crippen LogP contribution in [0, 0.1) is 0 Å². The summed E-state index contributed by atoms with van der Waals surface area (Å²) in [5, 5.41) is 3.99. The Morgan fingerprint density at radius 2 is 2.00 bits per heavy atom. The first kappa shape index (κ1) is 13.4. The van der Waals surface area contributed by atoms with Crippen molar-refractivity contribution in [2.75, 3.05) is 16.8 Å². The minimum Gasteiger partial charge on any atom is -0.399 e. The van der Waals surface area contributed by atoms with E-state index in [1.807, 2.05) is 36.5 Å². The van der Waals surface area contributed by atoms with Gasteiger partial charge in [-0.3, -0.25) is 0 Å². The number of hydrogen-bond acceptors (Lipinski definition) is 6. The molecule has 0 fully saturated rings. The molecule has 5 nitrogen and oxygen atoms in total. The van der Waals surface area contributed by atoms with E-state index in [9.17, 15) is 0 Å². The summed E-state index contributed by atoms with van der Waals surface area (Å²) < 4.78 is 0. The van der Waals surface area contributed by atoms with E-state index in [0.717, 1.165) is 39.2 Å². The van der Waals surface area contributed by atoms with Gasteiger partial charge in [-0.05, 0) is 35.9 Å². The van der Waals surface area contributed by atoms with E-state index < -0.39 is 0 Å². The molecule has 106 valence electrons. The maximum absolute atomic E-state index is 5.97. The number of nitrogens with two attached hydrogens (primary N) is 2. The normalized spacial score (nSPS) is 10.5. The first-order valence-electron chi connectivity index (χ1n) is 6.47. The molecule has 0 saturated carbocycles. The van der Waals surface area contributed by atoms with Gasteiger partial charge in [-0.25, -0.2) is 9.97 Å². The number of benzene rings is 1. The molecule has 0 aliphatic rings. The van der Waals surface area contributed by atoms with Crippen LogP contribution in [0.5, 0.6) is 0 Å². The molecule has 6 heteroatoms. The molecule has 0 atom stereocenters. The third-order valence-corrected chi connectivity index (χ3v) is 3.90. The van der Waals surface area contributed by atoms with E-state index in [0.29, 0.717) is 0 Å². The second-order valence-corrected chi connectivity index (χ2v) is 5.72. The van der Waals surface area contributed by atoms with Crippen LogP contribution in [0.2, 0.25) is 0 Å². The number of anilines is 4. The number of nitrogens with zero attached hydrogens (tertiary/aromatic N) is 2. The van der Waals surface area contributed by atoms with Gasteiger partial charge in [0.25, 0.3) is 0 Å². The molecule has 1 aromatic carbocycles. The summed E-state index contributed by atoms with van der Waals surface area (Å²) in [7, 11) is 0. The van der Waals surface area contributed by atoms with Crippen molar-refractivity contribution in [3.05, 3.63) is 59.2 Å². The van der Waals surface area contributed by atoms with Crippen molar-refractivity contribution in [1.29, 1.82) is 0 Å². The fraction of sp³-hybridized carbons (Fsp3) is 0.0667. The van der Waals surface area contributed by atoms with E-state index in [2.05, 4.69) is 15.3 Å². The third kappa shape index (κ3) is 3.29. The van der Waals surface area contributed by atoms with Crippen LogP contribution in [-0.4, -0.2) is 9.97 Å². The molecule has 21 heavy (non-hydrogen) atoms. The van der Waals surface area contributed by atoms with Gasteiger partial charge in [0.15, 0.2) is 5.13 Å². The lowest BCUT2D eigenvalue weighted by Crippen LogP contribution is -1.96. The van der Waals surface area contributed by atoms with E-state index in [1.54, 1.807) is 23.6 Å². The van der Waals surface area contributed by atoms with Crippen LogP contribution in [0.15, 0.2) is 48.8 Å². The lowest BCUT2D eigenvalue weighted by atomic mass is 10.1. The average Bonchev–Trinajstić information content (AvgIpc) is 2.91. The van der Waals surface area contributed by atoms with Crippen molar-refractivity contribution >= 4 is 33.7 Å². The predicted molar refractivity (Wildman–Crippen MR) is 87.7 cm³/mol. The van der Waals surface area contributed by atoms with Gasteiger partial charge in [-0.1, -0.05) is 6.07 Å². The Hall–Kier alpha value is -2.60. The molecule has 0 aliphatic carbocycles. The second kappa shape index (κ2) is 5.80. The fourth-order valence-electron chi connectivity index (χ4n) is 1.96. The van der Waals surface area contributed by atoms with Crippen LogP contribution in [0.3, 0.4) is 0 Å². The summed E-state index contributed by atoms with van der Waals surface area (Å²) >= 11 is 1.58. The molecule has 5 N–H and O–H groups in total. The molecule has 2 heterocycles. The number of pyridine rings is 1. The molecule has 2 aromatic heterocycles. The van der Waals surface area contributed by atoms with E-state index >= 15 is 0 Å². The van der Waals surface area contributed by atoms with Gasteiger partial charge in [-0.15, -0.1) is 11.3 Å². The minimum absolute atomic E-state index is 0.718. The van der Waals surface area contributed by atoms with Crippen molar-refractivity contribution in [2.24, 2.45) is 0 Å². The van der Waals surface area contributed by atoms with Crippen molar-refractivity contribution in [1.82, 2.24) is 9.97 Å². The Labute approximate surface area is 126 Å². The molecule has 0 radical (unpaired) electrons. The molecule has 3 aromatic rings. The molecule has 0 saturated heterocycles. The Morgan fingerprint density at radius 3 is 2.81 bits per heavy atom. The summed E-state index contributed by atoms with van der Waals surface area (Å²) in [5.41, 5.74) is 14.3. The number of thiazole rings is 1. The summed E-state index contributed by atoms with van der Waals surface area (Å²) in [6.07, 6.45) is 4.31. The number of hydrogen-bond donors (Lipinski definition) is 3. The highest BCUT2D eigenvalue weighted by Crippen LogP contribution is 2.26.